The van der Waals surface area contributed by atoms with Gasteiger partial charge in [-0.3, -0.25) is 4.79 Å². The second-order valence-corrected chi connectivity index (χ2v) is 7.49. The minimum absolute atomic E-state index is 0.154. The van der Waals surface area contributed by atoms with Gasteiger partial charge in [0.05, 0.1) is 0 Å². The largest absolute Gasteiger partial charge is 0.462 e. The number of nitrogens with zero attached hydrogens (tertiary/aromatic N) is 3. The first kappa shape index (κ1) is 16.7. The van der Waals surface area contributed by atoms with Crippen LogP contribution in [0.3, 0.4) is 0 Å². The molecule has 2 heterocycles. The van der Waals surface area contributed by atoms with E-state index in [4.69, 9.17) is 4.74 Å². The van der Waals surface area contributed by atoms with Crippen LogP contribution in [-0.4, -0.2) is 37.3 Å². The first-order valence-electron chi connectivity index (χ1n) is 9.27. The van der Waals surface area contributed by atoms with E-state index in [0.717, 1.165) is 23.5 Å². The highest BCUT2D eigenvalue weighted by molar-refractivity contribution is 6.14. The maximum absolute atomic E-state index is 12.7. The second-order valence-electron chi connectivity index (χ2n) is 7.49. The van der Waals surface area contributed by atoms with Gasteiger partial charge in [-0.15, -0.1) is 0 Å². The Kier molecular flexibility index (Phi) is 3.62. The number of nitrogens with one attached hydrogen (secondary N) is 1. The van der Waals surface area contributed by atoms with Gasteiger partial charge < -0.3 is 15.0 Å². The van der Waals surface area contributed by atoms with Crippen LogP contribution >= 0.6 is 0 Å². The summed E-state index contributed by atoms with van der Waals surface area (Å²) < 4.78 is 6.15. The van der Waals surface area contributed by atoms with Crippen LogP contribution in [0.25, 0.3) is 0 Å². The molecule has 5 rings (SSSR count). The number of rotatable bonds is 4. The van der Waals surface area contributed by atoms with Crippen molar-refractivity contribution in [2.75, 3.05) is 24.3 Å². The van der Waals surface area contributed by atoms with Crippen molar-refractivity contribution in [1.29, 1.82) is 0 Å². The average molecular weight is 372 g/mol. The summed E-state index contributed by atoms with van der Waals surface area (Å²) in [5.74, 6) is 1.53. The van der Waals surface area contributed by atoms with Crippen LogP contribution in [-0.2, 0) is 4.74 Å². The number of amidine groups is 1. The molecule has 28 heavy (non-hydrogen) atoms. The van der Waals surface area contributed by atoms with Gasteiger partial charge in [0.15, 0.2) is 11.4 Å². The molecular formula is C22H20N4O2. The van der Waals surface area contributed by atoms with Crippen molar-refractivity contribution in [3.8, 4) is 0 Å². The summed E-state index contributed by atoms with van der Waals surface area (Å²) in [6, 6.07) is 15.1. The fourth-order valence-electron chi connectivity index (χ4n) is 3.64. The molecule has 1 aliphatic carbocycles. The summed E-state index contributed by atoms with van der Waals surface area (Å²) in [6.07, 6.45) is 4.80. The SMILES string of the molecule is CN(C)c1cccc(C(=O)Nc2cccc(C3=NC4=NC=CC5CC45O3)c2)c1. The number of hydrogen-bond acceptors (Lipinski definition) is 5. The molecule has 1 amide bonds. The molecule has 0 bridgehead atoms. The Hall–Kier alpha value is -3.41. The van der Waals surface area contributed by atoms with E-state index in [9.17, 15) is 4.79 Å². The summed E-state index contributed by atoms with van der Waals surface area (Å²) in [5, 5.41) is 2.96. The number of aliphatic imine (C=N–C) groups is 2. The summed E-state index contributed by atoms with van der Waals surface area (Å²) in [7, 11) is 3.90. The molecule has 140 valence electrons. The van der Waals surface area contributed by atoms with Crippen molar-refractivity contribution in [3.63, 3.8) is 0 Å². The van der Waals surface area contributed by atoms with E-state index in [1.807, 2.05) is 61.5 Å². The summed E-state index contributed by atoms with van der Waals surface area (Å²) in [6.45, 7) is 0. The third-order valence-corrected chi connectivity index (χ3v) is 5.33. The Balaban J connectivity index is 1.36. The van der Waals surface area contributed by atoms with Gasteiger partial charge in [0.1, 0.15) is 0 Å². The third-order valence-electron chi connectivity index (χ3n) is 5.33. The molecule has 1 N–H and O–H groups in total. The first-order chi connectivity index (χ1) is 13.5. The quantitative estimate of drug-likeness (QED) is 0.894. The fraction of sp³-hybridized carbons (Fsp3) is 0.227. The Bertz CT molecular complexity index is 1070. The average Bonchev–Trinajstić information content (AvgIpc) is 3.30. The molecule has 0 aromatic heterocycles. The Morgan fingerprint density at radius 3 is 2.89 bits per heavy atom. The van der Waals surface area contributed by atoms with Crippen LogP contribution in [0.4, 0.5) is 11.4 Å². The van der Waals surface area contributed by atoms with Crippen molar-refractivity contribution in [3.05, 3.63) is 71.9 Å². The zero-order valence-corrected chi connectivity index (χ0v) is 15.7. The minimum atomic E-state index is -0.351. The lowest BCUT2D eigenvalue weighted by Crippen LogP contribution is -2.23. The molecule has 3 aliphatic rings. The molecule has 0 saturated heterocycles. The molecule has 2 unspecified atom stereocenters. The standard InChI is InChI=1S/C22H20N4O2/c1-26(2)18-8-4-5-14(12-18)19(27)24-17-7-3-6-15(11-17)20-25-21-22(28-20)13-16(22)9-10-23-21/h3-12,16H,13H2,1-2H3,(H,24,27). The zero-order valence-electron chi connectivity index (χ0n) is 15.7. The molecule has 1 saturated carbocycles. The predicted molar refractivity (Wildman–Crippen MR) is 110 cm³/mol. The van der Waals surface area contributed by atoms with Crippen molar-refractivity contribution in [1.82, 2.24) is 0 Å². The number of carbonyl (C=O) groups is 1. The van der Waals surface area contributed by atoms with Crippen LogP contribution in [0, 0.1) is 5.92 Å². The van der Waals surface area contributed by atoms with Gasteiger partial charge in [-0.2, -0.15) is 4.99 Å². The number of benzene rings is 2. The highest BCUT2D eigenvalue weighted by Gasteiger charge is 2.64. The Morgan fingerprint density at radius 1 is 1.21 bits per heavy atom. The smallest absolute Gasteiger partial charge is 0.255 e. The van der Waals surface area contributed by atoms with E-state index in [1.165, 1.54) is 0 Å². The molecule has 2 aromatic rings. The highest BCUT2D eigenvalue weighted by atomic mass is 16.5. The molecule has 0 radical (unpaired) electrons. The van der Waals surface area contributed by atoms with Crippen LogP contribution in [0.15, 0.2) is 70.8 Å². The number of anilines is 2. The molecule has 1 fully saturated rings. The molecule has 2 atom stereocenters. The second kappa shape index (κ2) is 6.05. The summed E-state index contributed by atoms with van der Waals surface area (Å²) in [5.41, 5.74) is 2.76. The van der Waals surface area contributed by atoms with Gasteiger partial charge in [0, 0.05) is 55.1 Å². The van der Waals surface area contributed by atoms with E-state index in [1.54, 1.807) is 12.3 Å². The zero-order chi connectivity index (χ0) is 19.3. The highest BCUT2D eigenvalue weighted by Crippen LogP contribution is 2.54. The maximum Gasteiger partial charge on any atom is 0.255 e. The molecule has 6 heteroatoms. The summed E-state index contributed by atoms with van der Waals surface area (Å²) >= 11 is 0. The number of carbonyl (C=O) groups excluding carboxylic acids is 1. The monoisotopic (exact) mass is 372 g/mol. The van der Waals surface area contributed by atoms with Crippen LogP contribution in [0.5, 0.6) is 0 Å². The van der Waals surface area contributed by atoms with Crippen LogP contribution in [0.2, 0.25) is 0 Å². The molecule has 2 aliphatic heterocycles. The van der Waals surface area contributed by atoms with Crippen molar-refractivity contribution in [2.24, 2.45) is 15.9 Å². The summed E-state index contributed by atoms with van der Waals surface area (Å²) in [4.78, 5) is 23.6. The van der Waals surface area contributed by atoms with Gasteiger partial charge in [-0.1, -0.05) is 18.2 Å². The van der Waals surface area contributed by atoms with E-state index < -0.39 is 0 Å². The van der Waals surface area contributed by atoms with Crippen molar-refractivity contribution >= 4 is 29.0 Å². The third kappa shape index (κ3) is 2.69. The lowest BCUT2D eigenvalue weighted by molar-refractivity contribution is 0.102. The number of hydrogen-bond donors (Lipinski definition) is 1. The van der Waals surface area contributed by atoms with Gasteiger partial charge >= 0.3 is 0 Å². The normalized spacial score (nSPS) is 23.7. The Morgan fingerprint density at radius 2 is 2.07 bits per heavy atom. The van der Waals surface area contributed by atoms with Crippen LogP contribution < -0.4 is 10.2 Å². The molecular weight excluding hydrogens is 352 g/mol. The van der Waals surface area contributed by atoms with Crippen LogP contribution in [0.1, 0.15) is 22.3 Å². The number of ether oxygens (including phenoxy) is 1. The molecule has 2 aromatic carbocycles. The molecule has 6 nitrogen and oxygen atoms in total. The molecule has 1 spiro atoms. The van der Waals surface area contributed by atoms with E-state index in [2.05, 4.69) is 21.4 Å². The van der Waals surface area contributed by atoms with Gasteiger partial charge in [0.2, 0.25) is 5.90 Å². The lowest BCUT2D eigenvalue weighted by Gasteiger charge is -2.14. The topological polar surface area (TPSA) is 66.3 Å². The van der Waals surface area contributed by atoms with Gasteiger partial charge in [-0.05, 0) is 36.4 Å². The number of amides is 1. The minimum Gasteiger partial charge on any atom is -0.462 e. The maximum atomic E-state index is 12.7. The Labute approximate surface area is 163 Å². The van der Waals surface area contributed by atoms with E-state index in [-0.39, 0.29) is 11.5 Å². The van der Waals surface area contributed by atoms with Gasteiger partial charge in [0.25, 0.3) is 5.91 Å². The van der Waals surface area contributed by atoms with Gasteiger partial charge in [-0.25, -0.2) is 4.99 Å². The van der Waals surface area contributed by atoms with Crippen molar-refractivity contribution < 1.29 is 9.53 Å². The fourth-order valence-corrected chi connectivity index (χ4v) is 3.64. The van der Waals surface area contributed by atoms with Crippen molar-refractivity contribution in [2.45, 2.75) is 12.0 Å². The lowest BCUT2D eigenvalue weighted by atomic mass is 10.1. The predicted octanol–water partition coefficient (Wildman–Crippen LogP) is 3.47. The first-order valence-corrected chi connectivity index (χ1v) is 9.27. The van der Waals surface area contributed by atoms with E-state index in [0.29, 0.717) is 23.1 Å². The van der Waals surface area contributed by atoms with E-state index >= 15 is 0 Å².